The van der Waals surface area contributed by atoms with Crippen molar-refractivity contribution < 1.29 is 14.0 Å². The average molecular weight is 438 g/mol. The second-order valence-corrected chi connectivity index (χ2v) is 9.65. The van der Waals surface area contributed by atoms with E-state index in [9.17, 15) is 14.4 Å². The Labute approximate surface area is 187 Å². The van der Waals surface area contributed by atoms with Gasteiger partial charge in [0.05, 0.1) is 6.26 Å². The number of likely N-dealkylation sites (tertiary alicyclic amines) is 1. The van der Waals surface area contributed by atoms with Gasteiger partial charge in [-0.3, -0.25) is 14.4 Å². The number of hydrogen-bond donors (Lipinski definition) is 1. The minimum absolute atomic E-state index is 0.0382. The largest absolute Gasteiger partial charge is 0.469 e. The molecule has 3 unspecified atom stereocenters. The molecule has 1 saturated carbocycles. The summed E-state index contributed by atoms with van der Waals surface area (Å²) in [4.78, 5) is 39.6. The first-order chi connectivity index (χ1) is 15.6. The van der Waals surface area contributed by atoms with Gasteiger partial charge in [0.15, 0.2) is 0 Å². The fourth-order valence-electron chi connectivity index (χ4n) is 5.92. The number of amides is 2. The van der Waals surface area contributed by atoms with E-state index in [1.54, 1.807) is 12.3 Å². The lowest BCUT2D eigenvalue weighted by Crippen LogP contribution is -2.49. The third-order valence-corrected chi connectivity index (χ3v) is 7.45. The van der Waals surface area contributed by atoms with E-state index in [1.165, 1.54) is 0 Å². The second-order valence-electron chi connectivity index (χ2n) is 9.65. The van der Waals surface area contributed by atoms with Crippen LogP contribution in [0, 0.1) is 11.8 Å². The van der Waals surface area contributed by atoms with Crippen molar-refractivity contribution >= 4 is 11.8 Å². The number of hydrogen-bond acceptors (Lipinski definition) is 4. The van der Waals surface area contributed by atoms with Crippen molar-refractivity contribution in [2.45, 2.75) is 63.5 Å². The molecule has 0 spiro atoms. The fourth-order valence-corrected chi connectivity index (χ4v) is 5.92. The van der Waals surface area contributed by atoms with Crippen molar-refractivity contribution in [2.75, 3.05) is 13.1 Å². The number of furan rings is 1. The van der Waals surface area contributed by atoms with Gasteiger partial charge in [-0.1, -0.05) is 12.5 Å². The smallest absolute Gasteiger partial charge is 0.250 e. The molecule has 2 amide bonds. The first kappa shape index (κ1) is 21.0. The highest BCUT2D eigenvalue weighted by molar-refractivity contribution is 5.84. The first-order valence-corrected chi connectivity index (χ1v) is 11.9. The number of aromatic nitrogens is 1. The van der Waals surface area contributed by atoms with E-state index in [4.69, 9.17) is 4.42 Å². The normalized spacial score (nSPS) is 26.6. The highest BCUT2D eigenvalue weighted by atomic mass is 16.3. The second kappa shape index (κ2) is 8.96. The SMILES string of the molecule is O=C(CCC(=O)N1CC2C[C@H](C1)Cn1c2cccc1=O)NC1CCCC1Cc1ccco1. The van der Waals surface area contributed by atoms with E-state index in [1.807, 2.05) is 33.7 Å². The number of carbonyl (C=O) groups is 2. The number of fused-ring (bicyclic) bond motifs is 4. The van der Waals surface area contributed by atoms with Crippen LogP contribution in [0.5, 0.6) is 0 Å². The molecule has 7 nitrogen and oxygen atoms in total. The molecule has 3 aliphatic rings. The van der Waals surface area contributed by atoms with Gasteiger partial charge >= 0.3 is 0 Å². The maximum Gasteiger partial charge on any atom is 0.250 e. The monoisotopic (exact) mass is 437 g/mol. The Bertz CT molecular complexity index is 1030. The molecule has 2 aliphatic heterocycles. The molecule has 2 aromatic heterocycles. The number of nitrogens with zero attached hydrogens (tertiary/aromatic N) is 2. The topological polar surface area (TPSA) is 84.5 Å². The van der Waals surface area contributed by atoms with Gasteiger partial charge < -0.3 is 19.2 Å². The van der Waals surface area contributed by atoms with Crippen molar-refractivity contribution in [1.82, 2.24) is 14.8 Å². The first-order valence-electron chi connectivity index (χ1n) is 11.9. The number of piperidine rings is 1. The summed E-state index contributed by atoms with van der Waals surface area (Å²) in [6.45, 7) is 1.98. The number of nitrogens with one attached hydrogen (secondary N) is 1. The molecule has 1 N–H and O–H groups in total. The summed E-state index contributed by atoms with van der Waals surface area (Å²) in [7, 11) is 0. The van der Waals surface area contributed by atoms with Crippen molar-refractivity contribution in [1.29, 1.82) is 0 Å². The Kier molecular flexibility index (Phi) is 5.89. The maximum absolute atomic E-state index is 12.9. The standard InChI is InChI=1S/C25H31N3O4/c29-23(26-21-6-1-4-18(21)13-20-5-3-11-32-20)9-10-24(30)27-14-17-12-19(16-27)22-7-2-8-25(31)28(22)15-17/h2-3,5,7-8,11,17-19,21H,1,4,6,9-10,12-16H2,(H,26,29)/t17-,18?,19?,21?/m1/s1. The van der Waals surface area contributed by atoms with Crippen LogP contribution in [0.4, 0.5) is 0 Å². The lowest BCUT2D eigenvalue weighted by atomic mass is 9.83. The van der Waals surface area contributed by atoms with Crippen LogP contribution in [0.15, 0.2) is 45.8 Å². The van der Waals surface area contributed by atoms with E-state index in [0.29, 0.717) is 31.5 Å². The Morgan fingerprint density at radius 2 is 1.97 bits per heavy atom. The van der Waals surface area contributed by atoms with Crippen LogP contribution in [-0.4, -0.2) is 40.4 Å². The molecule has 7 heteroatoms. The molecule has 170 valence electrons. The molecule has 5 rings (SSSR count). The Morgan fingerprint density at radius 3 is 2.81 bits per heavy atom. The third-order valence-electron chi connectivity index (χ3n) is 7.45. The lowest BCUT2D eigenvalue weighted by molar-refractivity contribution is -0.136. The highest BCUT2D eigenvalue weighted by Crippen LogP contribution is 2.35. The van der Waals surface area contributed by atoms with Gasteiger partial charge in [-0.2, -0.15) is 0 Å². The molecular formula is C25H31N3O4. The van der Waals surface area contributed by atoms with Crippen LogP contribution in [0.3, 0.4) is 0 Å². The summed E-state index contributed by atoms with van der Waals surface area (Å²) in [5.41, 5.74) is 1.08. The molecule has 0 aromatic carbocycles. The summed E-state index contributed by atoms with van der Waals surface area (Å²) in [5.74, 6) is 1.87. The number of carbonyl (C=O) groups excluding carboxylic acids is 2. The van der Waals surface area contributed by atoms with E-state index >= 15 is 0 Å². The van der Waals surface area contributed by atoms with Crippen LogP contribution in [-0.2, 0) is 22.6 Å². The maximum atomic E-state index is 12.9. The minimum Gasteiger partial charge on any atom is -0.469 e. The summed E-state index contributed by atoms with van der Waals surface area (Å²) in [6, 6.07) is 9.46. The highest BCUT2D eigenvalue weighted by Gasteiger charge is 2.36. The predicted molar refractivity (Wildman–Crippen MR) is 119 cm³/mol. The van der Waals surface area contributed by atoms with E-state index in [0.717, 1.165) is 43.6 Å². The van der Waals surface area contributed by atoms with Gasteiger partial charge in [-0.05, 0) is 49.3 Å². The Morgan fingerprint density at radius 1 is 1.06 bits per heavy atom. The molecule has 32 heavy (non-hydrogen) atoms. The van der Waals surface area contributed by atoms with Gasteiger partial charge in [-0.15, -0.1) is 0 Å². The van der Waals surface area contributed by atoms with Crippen molar-refractivity contribution in [3.8, 4) is 0 Å². The number of pyridine rings is 1. The lowest BCUT2D eigenvalue weighted by Gasteiger charge is -2.42. The van der Waals surface area contributed by atoms with Crippen LogP contribution in [0.2, 0.25) is 0 Å². The summed E-state index contributed by atoms with van der Waals surface area (Å²) >= 11 is 0. The fraction of sp³-hybridized carbons (Fsp3) is 0.560. The van der Waals surface area contributed by atoms with Gasteiger partial charge in [0, 0.05) is 62.6 Å². The molecule has 2 bridgehead atoms. The predicted octanol–water partition coefficient (Wildman–Crippen LogP) is 2.69. The molecular weight excluding hydrogens is 406 g/mol. The zero-order valence-electron chi connectivity index (χ0n) is 18.4. The van der Waals surface area contributed by atoms with Crippen LogP contribution in [0.25, 0.3) is 0 Å². The van der Waals surface area contributed by atoms with Crippen LogP contribution in [0.1, 0.15) is 55.9 Å². The van der Waals surface area contributed by atoms with Gasteiger partial charge in [0.25, 0.3) is 5.56 Å². The summed E-state index contributed by atoms with van der Waals surface area (Å²) in [6.07, 6.45) is 7.20. The van der Waals surface area contributed by atoms with Gasteiger partial charge in [0.2, 0.25) is 11.8 Å². The molecule has 4 heterocycles. The quantitative estimate of drug-likeness (QED) is 0.753. The van der Waals surface area contributed by atoms with E-state index < -0.39 is 0 Å². The van der Waals surface area contributed by atoms with Crippen LogP contribution >= 0.6 is 0 Å². The Balaban J connectivity index is 1.13. The van der Waals surface area contributed by atoms with E-state index in [2.05, 4.69) is 5.32 Å². The Hall–Kier alpha value is -2.83. The third kappa shape index (κ3) is 4.38. The molecule has 1 saturated heterocycles. The average Bonchev–Trinajstić information content (AvgIpc) is 3.45. The zero-order valence-corrected chi connectivity index (χ0v) is 18.4. The van der Waals surface area contributed by atoms with Gasteiger partial charge in [-0.25, -0.2) is 0 Å². The molecule has 1 aliphatic carbocycles. The molecule has 2 fully saturated rings. The van der Waals surface area contributed by atoms with E-state index in [-0.39, 0.29) is 42.2 Å². The van der Waals surface area contributed by atoms with Gasteiger partial charge in [0.1, 0.15) is 5.76 Å². The molecule has 0 radical (unpaired) electrons. The minimum atomic E-state index is -0.0382. The van der Waals surface area contributed by atoms with Crippen molar-refractivity contribution in [2.24, 2.45) is 11.8 Å². The summed E-state index contributed by atoms with van der Waals surface area (Å²) < 4.78 is 7.34. The molecule has 2 aromatic rings. The molecule has 4 atom stereocenters. The summed E-state index contributed by atoms with van der Waals surface area (Å²) in [5, 5.41) is 3.17. The number of rotatable bonds is 6. The van der Waals surface area contributed by atoms with Crippen molar-refractivity contribution in [3.05, 3.63) is 58.4 Å². The zero-order chi connectivity index (χ0) is 22.1. The van der Waals surface area contributed by atoms with Crippen LogP contribution < -0.4 is 10.9 Å². The van der Waals surface area contributed by atoms with Crippen molar-refractivity contribution in [3.63, 3.8) is 0 Å².